The summed E-state index contributed by atoms with van der Waals surface area (Å²) in [6.45, 7) is 3.59. The predicted octanol–water partition coefficient (Wildman–Crippen LogP) is 2.47. The van der Waals surface area contributed by atoms with Crippen molar-refractivity contribution < 1.29 is 13.2 Å². The number of hydrogen-bond donors (Lipinski definition) is 0. The first-order valence-corrected chi connectivity index (χ1v) is 8.60. The Hall–Kier alpha value is -1.57. The van der Waals surface area contributed by atoms with E-state index in [2.05, 4.69) is 4.98 Å². The lowest BCUT2D eigenvalue weighted by Gasteiger charge is -2.16. The fourth-order valence-electron chi connectivity index (χ4n) is 1.81. The van der Waals surface area contributed by atoms with Crippen LogP contribution in [0.1, 0.15) is 27.9 Å². The van der Waals surface area contributed by atoms with Crippen LogP contribution in [0.4, 0.5) is 0 Å². The van der Waals surface area contributed by atoms with Crippen LogP contribution in [0.3, 0.4) is 0 Å². The van der Waals surface area contributed by atoms with Gasteiger partial charge < -0.3 is 0 Å². The van der Waals surface area contributed by atoms with Gasteiger partial charge in [0.1, 0.15) is 0 Å². The monoisotopic (exact) mass is 324 g/mol. The lowest BCUT2D eigenvalue weighted by Crippen LogP contribution is -2.26. The van der Waals surface area contributed by atoms with Crippen molar-refractivity contribution in [3.63, 3.8) is 0 Å². The molecule has 1 heterocycles. The lowest BCUT2D eigenvalue weighted by atomic mass is 10.2. The van der Waals surface area contributed by atoms with Crippen LogP contribution >= 0.6 is 11.3 Å². The SMILES string of the molecule is CC(=O)c1ccc(S(=O)(=O)N(C)Cc2scnc2C)cc1. The molecule has 0 spiro atoms. The van der Waals surface area contributed by atoms with Crippen LogP contribution in [0.5, 0.6) is 0 Å². The van der Waals surface area contributed by atoms with Crippen LogP contribution < -0.4 is 0 Å². The fourth-order valence-corrected chi connectivity index (χ4v) is 3.86. The van der Waals surface area contributed by atoms with E-state index in [-0.39, 0.29) is 17.2 Å². The summed E-state index contributed by atoms with van der Waals surface area (Å²) in [5.41, 5.74) is 3.04. The van der Waals surface area contributed by atoms with Gasteiger partial charge in [-0.2, -0.15) is 4.31 Å². The highest BCUT2D eigenvalue weighted by Crippen LogP contribution is 2.20. The van der Waals surface area contributed by atoms with Crippen LogP contribution in [-0.4, -0.2) is 30.5 Å². The number of sulfonamides is 1. The highest BCUT2D eigenvalue weighted by Gasteiger charge is 2.22. The number of nitrogens with zero attached hydrogens (tertiary/aromatic N) is 2. The number of hydrogen-bond acceptors (Lipinski definition) is 5. The van der Waals surface area contributed by atoms with E-state index in [0.29, 0.717) is 5.56 Å². The van der Waals surface area contributed by atoms with E-state index in [1.807, 2.05) is 6.92 Å². The lowest BCUT2D eigenvalue weighted by molar-refractivity contribution is 0.101. The molecule has 0 bridgehead atoms. The summed E-state index contributed by atoms with van der Waals surface area (Å²) in [4.78, 5) is 16.4. The summed E-state index contributed by atoms with van der Waals surface area (Å²) >= 11 is 1.43. The second kappa shape index (κ2) is 6.05. The third-order valence-corrected chi connectivity index (χ3v) is 5.92. The molecule has 2 aromatic rings. The number of Topliss-reactive ketones (excluding diaryl/α,β-unsaturated/α-hetero) is 1. The Kier molecular flexibility index (Phi) is 4.55. The third-order valence-electron chi connectivity index (χ3n) is 3.18. The molecule has 112 valence electrons. The smallest absolute Gasteiger partial charge is 0.243 e. The summed E-state index contributed by atoms with van der Waals surface area (Å²) in [5, 5.41) is 0. The van der Waals surface area contributed by atoms with Gasteiger partial charge in [0.15, 0.2) is 5.78 Å². The van der Waals surface area contributed by atoms with Crippen LogP contribution in [0.25, 0.3) is 0 Å². The van der Waals surface area contributed by atoms with E-state index in [1.165, 1.54) is 53.9 Å². The van der Waals surface area contributed by atoms with Crippen molar-refractivity contribution in [1.82, 2.24) is 9.29 Å². The molecule has 1 aromatic carbocycles. The Labute approximate surface area is 128 Å². The molecule has 0 fully saturated rings. The average Bonchev–Trinajstić information content (AvgIpc) is 2.84. The van der Waals surface area contributed by atoms with E-state index in [1.54, 1.807) is 5.51 Å². The van der Waals surface area contributed by atoms with Gasteiger partial charge >= 0.3 is 0 Å². The van der Waals surface area contributed by atoms with Crippen molar-refractivity contribution >= 4 is 27.1 Å². The number of carbonyl (C=O) groups excluding carboxylic acids is 1. The maximum Gasteiger partial charge on any atom is 0.243 e. The minimum absolute atomic E-state index is 0.0902. The van der Waals surface area contributed by atoms with Crippen LogP contribution in [-0.2, 0) is 16.6 Å². The second-order valence-electron chi connectivity index (χ2n) is 4.70. The van der Waals surface area contributed by atoms with Gasteiger partial charge in [-0.1, -0.05) is 12.1 Å². The number of benzene rings is 1. The molecule has 5 nitrogen and oxygen atoms in total. The van der Waals surface area contributed by atoms with Gasteiger partial charge in [-0.15, -0.1) is 11.3 Å². The molecule has 7 heteroatoms. The van der Waals surface area contributed by atoms with Crippen molar-refractivity contribution in [1.29, 1.82) is 0 Å². The molecule has 0 aliphatic heterocycles. The van der Waals surface area contributed by atoms with Gasteiger partial charge in [0.25, 0.3) is 0 Å². The molecule has 0 aliphatic carbocycles. The van der Waals surface area contributed by atoms with Gasteiger partial charge in [0, 0.05) is 24.0 Å². The highest BCUT2D eigenvalue weighted by atomic mass is 32.2. The molecule has 2 rings (SSSR count). The number of carbonyl (C=O) groups is 1. The number of aryl methyl sites for hydroxylation is 1. The maximum atomic E-state index is 12.5. The predicted molar refractivity (Wildman–Crippen MR) is 82.0 cm³/mol. The molecule has 0 N–H and O–H groups in total. The van der Waals surface area contributed by atoms with Crippen molar-refractivity contribution in [2.45, 2.75) is 25.3 Å². The molecular formula is C14H16N2O3S2. The van der Waals surface area contributed by atoms with Gasteiger partial charge in [0.05, 0.1) is 16.1 Å². The Morgan fingerprint density at radius 1 is 1.29 bits per heavy atom. The van der Waals surface area contributed by atoms with Crippen LogP contribution in [0.15, 0.2) is 34.7 Å². The maximum absolute atomic E-state index is 12.5. The Balaban J connectivity index is 2.24. The molecular weight excluding hydrogens is 308 g/mol. The number of rotatable bonds is 5. The highest BCUT2D eigenvalue weighted by molar-refractivity contribution is 7.89. The molecule has 0 saturated carbocycles. The number of ketones is 1. The molecule has 0 atom stereocenters. The molecule has 21 heavy (non-hydrogen) atoms. The molecule has 0 aliphatic rings. The normalized spacial score (nSPS) is 11.8. The minimum atomic E-state index is -3.57. The van der Waals surface area contributed by atoms with Crippen LogP contribution in [0.2, 0.25) is 0 Å². The number of thiazole rings is 1. The summed E-state index contributed by atoms with van der Waals surface area (Å²) < 4.78 is 26.2. The van der Waals surface area contributed by atoms with E-state index < -0.39 is 10.0 Å². The first-order valence-electron chi connectivity index (χ1n) is 6.28. The Morgan fingerprint density at radius 3 is 2.38 bits per heavy atom. The van der Waals surface area contributed by atoms with Gasteiger partial charge in [-0.3, -0.25) is 4.79 Å². The average molecular weight is 324 g/mol. The topological polar surface area (TPSA) is 67.3 Å². The first kappa shape index (κ1) is 15.8. The van der Waals surface area contributed by atoms with Gasteiger partial charge in [0.2, 0.25) is 10.0 Å². The van der Waals surface area contributed by atoms with Crippen molar-refractivity contribution in [3.8, 4) is 0 Å². The van der Waals surface area contributed by atoms with E-state index in [4.69, 9.17) is 0 Å². The largest absolute Gasteiger partial charge is 0.295 e. The van der Waals surface area contributed by atoms with Crippen molar-refractivity contribution in [2.24, 2.45) is 0 Å². The molecule has 0 saturated heterocycles. The van der Waals surface area contributed by atoms with Crippen LogP contribution in [0, 0.1) is 6.92 Å². The summed E-state index contributed by atoms with van der Waals surface area (Å²) in [6.07, 6.45) is 0. The van der Waals surface area contributed by atoms with E-state index >= 15 is 0 Å². The van der Waals surface area contributed by atoms with Crippen molar-refractivity contribution in [3.05, 3.63) is 45.9 Å². The molecule has 0 unspecified atom stereocenters. The number of aromatic nitrogens is 1. The zero-order chi connectivity index (χ0) is 15.6. The Morgan fingerprint density at radius 2 is 1.90 bits per heavy atom. The third kappa shape index (κ3) is 3.37. The minimum Gasteiger partial charge on any atom is -0.295 e. The van der Waals surface area contributed by atoms with Gasteiger partial charge in [-0.05, 0) is 26.0 Å². The zero-order valence-electron chi connectivity index (χ0n) is 12.0. The fraction of sp³-hybridized carbons (Fsp3) is 0.286. The molecule has 0 amide bonds. The quantitative estimate of drug-likeness (QED) is 0.792. The van der Waals surface area contributed by atoms with E-state index in [0.717, 1.165) is 10.6 Å². The Bertz CT molecular complexity index is 749. The second-order valence-corrected chi connectivity index (χ2v) is 7.69. The summed E-state index contributed by atoms with van der Waals surface area (Å²) in [5.74, 6) is -0.0902. The van der Waals surface area contributed by atoms with E-state index in [9.17, 15) is 13.2 Å². The first-order chi connectivity index (χ1) is 9.82. The summed E-state index contributed by atoms with van der Waals surface area (Å²) in [7, 11) is -2.04. The van der Waals surface area contributed by atoms with Crippen molar-refractivity contribution in [2.75, 3.05) is 7.05 Å². The molecule has 0 radical (unpaired) electrons. The standard InChI is InChI=1S/C14H16N2O3S2/c1-10-14(20-9-15-10)8-16(3)21(18,19)13-6-4-12(5-7-13)11(2)17/h4-7,9H,8H2,1-3H3. The summed E-state index contributed by atoms with van der Waals surface area (Å²) in [6, 6.07) is 5.98. The molecule has 1 aromatic heterocycles. The van der Waals surface area contributed by atoms with Gasteiger partial charge in [-0.25, -0.2) is 13.4 Å². The zero-order valence-corrected chi connectivity index (χ0v) is 13.7.